The van der Waals surface area contributed by atoms with Crippen molar-refractivity contribution in [2.45, 2.75) is 24.9 Å². The Bertz CT molecular complexity index is 1310. The first-order chi connectivity index (χ1) is 15.6. The van der Waals surface area contributed by atoms with Gasteiger partial charge >= 0.3 is 0 Å². The third-order valence-corrected chi connectivity index (χ3v) is 7.57. The first kappa shape index (κ1) is 20.8. The van der Waals surface area contributed by atoms with E-state index in [1.807, 2.05) is 0 Å². The molecular weight excluding hydrogens is 445 g/mol. The lowest BCUT2D eigenvalue weighted by Crippen LogP contribution is -2.30. The molecule has 1 amide bonds. The number of rotatable bonds is 5. The maximum atomic E-state index is 13.7. The number of benzene rings is 2. The molecule has 3 heterocycles. The number of carbonyl (C=O) groups excluding carboxylic acids is 1. The monoisotopic (exact) mass is 465 g/mol. The van der Waals surface area contributed by atoms with Crippen LogP contribution in [-0.4, -0.2) is 33.2 Å². The molecule has 0 atom stereocenters. The Kier molecular flexibility index (Phi) is 5.75. The highest BCUT2D eigenvalue weighted by Crippen LogP contribution is 2.35. The fourth-order valence-corrected chi connectivity index (χ4v) is 5.54. The zero-order valence-corrected chi connectivity index (χ0v) is 19.0. The molecule has 4 aromatic rings. The number of nitrogens with zero attached hydrogens (tertiary/aromatic N) is 4. The number of anilines is 2. The van der Waals surface area contributed by atoms with Crippen molar-refractivity contribution in [3.8, 4) is 0 Å². The summed E-state index contributed by atoms with van der Waals surface area (Å²) in [5.74, 6) is -0.403. The van der Waals surface area contributed by atoms with Gasteiger partial charge in [-0.25, -0.2) is 14.4 Å². The molecule has 0 unspecified atom stereocenters. The number of hydrogen-bond acceptors (Lipinski definition) is 7. The van der Waals surface area contributed by atoms with Crippen LogP contribution >= 0.6 is 23.1 Å². The van der Waals surface area contributed by atoms with E-state index in [4.69, 9.17) is 4.98 Å². The molecule has 1 N–H and O–H groups in total. The molecule has 0 saturated heterocycles. The second-order valence-electron chi connectivity index (χ2n) is 7.57. The van der Waals surface area contributed by atoms with Crippen LogP contribution in [0.4, 0.5) is 15.2 Å². The molecule has 2 aromatic heterocycles. The van der Waals surface area contributed by atoms with Crippen LogP contribution < -0.4 is 10.2 Å². The van der Waals surface area contributed by atoms with Crippen molar-refractivity contribution in [3.63, 3.8) is 0 Å². The third kappa shape index (κ3) is 4.31. The maximum absolute atomic E-state index is 13.7. The highest BCUT2D eigenvalue weighted by molar-refractivity contribution is 8.00. The highest BCUT2D eigenvalue weighted by Gasteiger charge is 2.21. The standard InChI is InChI=1S/C23H20FN5OS2/c1-14-6-7-17(10-18(14)24)27-19(30)12-31-22-20-21(25-13-26-22)28-23(32-20)29-9-8-15-4-2-3-5-16(15)11-29/h2-7,10,13H,8-9,11-12H2,1H3,(H,27,30). The van der Waals surface area contributed by atoms with E-state index in [9.17, 15) is 9.18 Å². The Hall–Kier alpha value is -3.04. The minimum absolute atomic E-state index is 0.159. The number of hydrogen-bond donors (Lipinski definition) is 1. The van der Waals surface area contributed by atoms with Crippen molar-refractivity contribution in [3.05, 3.63) is 71.3 Å². The van der Waals surface area contributed by atoms with Gasteiger partial charge in [0.25, 0.3) is 0 Å². The first-order valence-corrected chi connectivity index (χ1v) is 12.0. The summed E-state index contributed by atoms with van der Waals surface area (Å²) in [6.07, 6.45) is 2.46. The number of thiazole rings is 1. The molecule has 0 fully saturated rings. The molecular formula is C23H20FN5OS2. The van der Waals surface area contributed by atoms with Crippen LogP contribution in [0.3, 0.4) is 0 Å². The van der Waals surface area contributed by atoms with Crippen molar-refractivity contribution in [1.82, 2.24) is 15.0 Å². The average Bonchev–Trinajstić information content (AvgIpc) is 3.25. The number of thioether (sulfide) groups is 1. The molecule has 0 bridgehead atoms. The van der Waals surface area contributed by atoms with E-state index in [0.717, 1.165) is 34.4 Å². The molecule has 6 nitrogen and oxygen atoms in total. The van der Waals surface area contributed by atoms with Gasteiger partial charge in [-0.05, 0) is 42.2 Å². The van der Waals surface area contributed by atoms with Gasteiger partial charge in [-0.1, -0.05) is 53.4 Å². The van der Waals surface area contributed by atoms with Crippen molar-refractivity contribution in [1.29, 1.82) is 0 Å². The fourth-order valence-electron chi connectivity index (χ4n) is 3.62. The van der Waals surface area contributed by atoms with Crippen LogP contribution in [-0.2, 0) is 17.8 Å². The van der Waals surface area contributed by atoms with Gasteiger partial charge in [0, 0.05) is 18.8 Å². The van der Waals surface area contributed by atoms with Crippen LogP contribution in [0.1, 0.15) is 16.7 Å². The summed E-state index contributed by atoms with van der Waals surface area (Å²) in [5, 5.41) is 4.37. The fraction of sp³-hybridized carbons (Fsp3) is 0.217. The van der Waals surface area contributed by atoms with Crippen molar-refractivity contribution in [2.24, 2.45) is 0 Å². The molecule has 9 heteroatoms. The summed E-state index contributed by atoms with van der Waals surface area (Å²) in [7, 11) is 0. The van der Waals surface area contributed by atoms with Gasteiger partial charge < -0.3 is 10.2 Å². The Labute approximate surface area is 192 Å². The van der Waals surface area contributed by atoms with Crippen LogP contribution in [0.5, 0.6) is 0 Å². The number of halogens is 1. The van der Waals surface area contributed by atoms with Gasteiger partial charge in [0.1, 0.15) is 21.9 Å². The predicted octanol–water partition coefficient (Wildman–Crippen LogP) is 4.83. The van der Waals surface area contributed by atoms with Crippen molar-refractivity contribution < 1.29 is 9.18 Å². The largest absolute Gasteiger partial charge is 0.343 e. The second-order valence-corrected chi connectivity index (χ2v) is 9.51. The number of amides is 1. The van der Waals surface area contributed by atoms with Gasteiger partial charge in [0.2, 0.25) is 5.91 Å². The molecule has 162 valence electrons. The highest BCUT2D eigenvalue weighted by atomic mass is 32.2. The first-order valence-electron chi connectivity index (χ1n) is 10.2. The third-order valence-electron chi connectivity index (χ3n) is 5.34. The lowest BCUT2D eigenvalue weighted by Gasteiger charge is -2.28. The van der Waals surface area contributed by atoms with Crippen LogP contribution in [0.15, 0.2) is 53.8 Å². The van der Waals surface area contributed by atoms with Gasteiger partial charge in [0.05, 0.1) is 5.75 Å². The summed E-state index contributed by atoms with van der Waals surface area (Å²) in [6, 6.07) is 13.1. The SMILES string of the molecule is Cc1ccc(NC(=O)CSc2ncnc3nc(N4CCc5ccccc5C4)sc23)cc1F. The summed E-state index contributed by atoms with van der Waals surface area (Å²) in [5.41, 5.74) is 4.33. The second kappa shape index (κ2) is 8.84. The Morgan fingerprint density at radius 3 is 2.91 bits per heavy atom. The minimum Gasteiger partial charge on any atom is -0.343 e. The lowest BCUT2D eigenvalue weighted by molar-refractivity contribution is -0.113. The van der Waals surface area contributed by atoms with E-state index >= 15 is 0 Å². The van der Waals surface area contributed by atoms with Gasteiger partial charge in [0.15, 0.2) is 10.8 Å². The Morgan fingerprint density at radius 2 is 2.06 bits per heavy atom. The summed E-state index contributed by atoms with van der Waals surface area (Å²) >= 11 is 2.88. The van der Waals surface area contributed by atoms with E-state index in [2.05, 4.69) is 44.5 Å². The van der Waals surface area contributed by atoms with E-state index in [1.165, 1.54) is 35.3 Å². The Balaban J connectivity index is 1.29. The molecule has 0 radical (unpaired) electrons. The van der Waals surface area contributed by atoms with E-state index in [0.29, 0.717) is 16.9 Å². The molecule has 5 rings (SSSR count). The normalized spacial score (nSPS) is 13.2. The number of aromatic nitrogens is 3. The molecule has 2 aromatic carbocycles. The van der Waals surface area contributed by atoms with Crippen molar-refractivity contribution >= 4 is 50.2 Å². The molecule has 0 spiro atoms. The van der Waals surface area contributed by atoms with Crippen LogP contribution in [0, 0.1) is 12.7 Å². The minimum atomic E-state index is -0.342. The van der Waals surface area contributed by atoms with Gasteiger partial charge in [-0.2, -0.15) is 4.98 Å². The zero-order chi connectivity index (χ0) is 22.1. The number of carbonyl (C=O) groups is 1. The van der Waals surface area contributed by atoms with Gasteiger partial charge in [-0.3, -0.25) is 4.79 Å². The smallest absolute Gasteiger partial charge is 0.234 e. The summed E-state index contributed by atoms with van der Waals surface area (Å²) in [6.45, 7) is 3.41. The quantitative estimate of drug-likeness (QED) is 0.336. The molecule has 1 aliphatic rings. The molecule has 0 aliphatic carbocycles. The van der Waals surface area contributed by atoms with Crippen LogP contribution in [0.2, 0.25) is 0 Å². The molecule has 1 aliphatic heterocycles. The van der Waals surface area contributed by atoms with Crippen LogP contribution in [0.25, 0.3) is 10.3 Å². The summed E-state index contributed by atoms with van der Waals surface area (Å²) < 4.78 is 14.6. The van der Waals surface area contributed by atoms with E-state index in [1.54, 1.807) is 30.4 Å². The van der Waals surface area contributed by atoms with Gasteiger partial charge in [-0.15, -0.1) is 0 Å². The van der Waals surface area contributed by atoms with Crippen molar-refractivity contribution in [2.75, 3.05) is 22.5 Å². The molecule has 0 saturated carbocycles. The van der Waals surface area contributed by atoms with E-state index < -0.39 is 0 Å². The lowest BCUT2D eigenvalue weighted by atomic mass is 10.0. The average molecular weight is 466 g/mol. The zero-order valence-electron chi connectivity index (χ0n) is 17.3. The van der Waals surface area contributed by atoms with E-state index in [-0.39, 0.29) is 17.5 Å². The summed E-state index contributed by atoms with van der Waals surface area (Å²) in [4.78, 5) is 28.0. The number of aryl methyl sites for hydroxylation is 1. The number of fused-ring (bicyclic) bond motifs is 2. The maximum Gasteiger partial charge on any atom is 0.234 e. The topological polar surface area (TPSA) is 71.0 Å². The Morgan fingerprint density at radius 1 is 1.22 bits per heavy atom. The molecule has 32 heavy (non-hydrogen) atoms. The number of nitrogens with one attached hydrogen (secondary N) is 1. The predicted molar refractivity (Wildman–Crippen MR) is 127 cm³/mol.